The number of anilines is 1. The average Bonchev–Trinajstić information content (AvgIpc) is 3.42. The Kier molecular flexibility index (Phi) is 11.2. The highest BCUT2D eigenvalue weighted by Gasteiger charge is 2.24. The Labute approximate surface area is 246 Å². The van der Waals surface area contributed by atoms with Crippen LogP contribution in [0.1, 0.15) is 32.4 Å². The van der Waals surface area contributed by atoms with Crippen LogP contribution in [0.2, 0.25) is 0 Å². The van der Waals surface area contributed by atoms with E-state index in [0.29, 0.717) is 18.7 Å². The number of nitrogens with zero attached hydrogens (tertiary/aromatic N) is 6. The number of aromatic amines is 1. The van der Waals surface area contributed by atoms with Gasteiger partial charge in [-0.15, -0.1) is 11.7 Å². The standard InChI is InChI=1S/C31H41N9O.2H2/c1-5-9-26(24(6-2)7-3)21-34-31(41)25-10-8-11-27(20-25)33-22-29-36-37-30(28-12-13-32-23-35-28)40(29)19-18-39-16-14-38(4)15-17-39;;/h5-6,8-13,20,23,26,33H,1-2,7,14-19,21-22H2,3-4H3,(H,34,41);2*1H/p+1/b9-5-;;. The van der Waals surface area contributed by atoms with Crippen LogP contribution in [0.5, 0.6) is 0 Å². The predicted octanol–water partition coefficient (Wildman–Crippen LogP) is 3.41. The first-order chi connectivity index (χ1) is 20.0. The molecule has 0 aliphatic carbocycles. The normalized spacial score (nSPS) is 15.3. The van der Waals surface area contributed by atoms with Gasteiger partial charge in [-0.05, 0) is 44.7 Å². The highest BCUT2D eigenvalue weighted by atomic mass is 16.1. The number of H-pyrrole nitrogens is 1. The molecule has 1 aromatic carbocycles. The van der Waals surface area contributed by atoms with Gasteiger partial charge in [-0.25, -0.2) is 14.5 Å². The van der Waals surface area contributed by atoms with Crippen molar-refractivity contribution in [3.63, 3.8) is 0 Å². The molecule has 1 saturated heterocycles. The Morgan fingerprint density at radius 2 is 2.10 bits per heavy atom. The number of aromatic nitrogens is 5. The smallest absolute Gasteiger partial charge is 0.327 e. The molecule has 0 saturated carbocycles. The van der Waals surface area contributed by atoms with Crippen molar-refractivity contribution < 1.29 is 12.2 Å². The van der Waals surface area contributed by atoms with Crippen molar-refractivity contribution in [2.24, 2.45) is 5.92 Å². The van der Waals surface area contributed by atoms with Crippen molar-refractivity contribution in [2.75, 3.05) is 51.6 Å². The number of hydrogen-bond donors (Lipinski definition) is 3. The molecule has 1 fully saturated rings. The third-order valence-electron chi connectivity index (χ3n) is 7.50. The summed E-state index contributed by atoms with van der Waals surface area (Å²) in [5.41, 5.74) is 2.22. The summed E-state index contributed by atoms with van der Waals surface area (Å²) in [6, 6.07) is 9.41. The van der Waals surface area contributed by atoms with Gasteiger partial charge >= 0.3 is 5.82 Å². The summed E-state index contributed by atoms with van der Waals surface area (Å²) in [5.74, 6) is 2.83. The van der Waals surface area contributed by atoms with Gasteiger partial charge in [-0.2, -0.15) is 0 Å². The number of carbonyl (C=O) groups is 1. The molecule has 10 heteroatoms. The first-order valence-electron chi connectivity index (χ1n) is 14.2. The highest BCUT2D eigenvalue weighted by molar-refractivity contribution is 5.95. The summed E-state index contributed by atoms with van der Waals surface area (Å²) >= 11 is 0. The highest BCUT2D eigenvalue weighted by Crippen LogP contribution is 2.21. The molecule has 10 nitrogen and oxygen atoms in total. The Hall–Kier alpha value is -3.89. The van der Waals surface area contributed by atoms with Crippen LogP contribution in [0.3, 0.4) is 0 Å². The maximum atomic E-state index is 13.0. The van der Waals surface area contributed by atoms with E-state index < -0.39 is 0 Å². The van der Waals surface area contributed by atoms with E-state index in [-0.39, 0.29) is 14.7 Å². The summed E-state index contributed by atoms with van der Waals surface area (Å²) in [6.45, 7) is 16.8. The van der Waals surface area contributed by atoms with Gasteiger partial charge in [0.25, 0.3) is 11.7 Å². The number of likely N-dealkylation sites (N-methyl/N-ethyl adjacent to an activating group) is 1. The lowest BCUT2D eigenvalue weighted by Gasteiger charge is -2.32. The number of piperazine rings is 1. The largest absolute Gasteiger partial charge is 0.375 e. The van der Waals surface area contributed by atoms with E-state index in [1.165, 1.54) is 5.92 Å². The second kappa shape index (κ2) is 15.2. The molecule has 1 atom stereocenters. The second-order valence-electron chi connectivity index (χ2n) is 10.2. The first kappa shape index (κ1) is 30.1. The molecule has 2 aromatic heterocycles. The molecule has 0 bridgehead atoms. The van der Waals surface area contributed by atoms with Crippen molar-refractivity contribution in [3.8, 4) is 11.5 Å². The van der Waals surface area contributed by atoms with Crippen molar-refractivity contribution in [2.45, 2.75) is 26.4 Å². The van der Waals surface area contributed by atoms with Crippen molar-refractivity contribution >= 4 is 11.6 Å². The van der Waals surface area contributed by atoms with E-state index >= 15 is 0 Å². The van der Waals surface area contributed by atoms with Crippen molar-refractivity contribution in [1.29, 1.82) is 0 Å². The fraction of sp³-hybridized carbons (Fsp3) is 0.387. The van der Waals surface area contributed by atoms with Crippen LogP contribution in [-0.2, 0) is 13.1 Å². The molecule has 220 valence electrons. The second-order valence-corrected chi connectivity index (χ2v) is 10.2. The van der Waals surface area contributed by atoms with Gasteiger partial charge in [-0.1, -0.05) is 31.2 Å². The Morgan fingerprint density at radius 3 is 2.80 bits per heavy atom. The maximum Gasteiger partial charge on any atom is 0.327 e. The molecule has 41 heavy (non-hydrogen) atoms. The summed E-state index contributed by atoms with van der Waals surface area (Å²) in [5, 5.41) is 14.3. The van der Waals surface area contributed by atoms with Crippen LogP contribution in [0, 0.1) is 18.8 Å². The molecule has 1 aliphatic heterocycles. The van der Waals surface area contributed by atoms with Gasteiger partial charge in [-0.3, -0.25) is 9.69 Å². The summed E-state index contributed by atoms with van der Waals surface area (Å²) in [7, 11) is 2.17. The molecular formula is C31H46N9O+. The lowest BCUT2D eigenvalue weighted by atomic mass is 9.89. The Morgan fingerprint density at radius 1 is 1.27 bits per heavy atom. The minimum absolute atomic E-state index is 0. The van der Waals surface area contributed by atoms with Gasteiger partial charge in [0.2, 0.25) is 0 Å². The number of allylic oxidation sites excluding steroid dienone is 2. The van der Waals surface area contributed by atoms with E-state index in [1.807, 2.05) is 42.5 Å². The van der Waals surface area contributed by atoms with Crippen LogP contribution < -0.4 is 15.2 Å². The lowest BCUT2D eigenvalue weighted by molar-refractivity contribution is -0.693. The summed E-state index contributed by atoms with van der Waals surface area (Å²) in [4.78, 5) is 26.3. The van der Waals surface area contributed by atoms with Crippen molar-refractivity contribution in [3.05, 3.63) is 91.9 Å². The minimum Gasteiger partial charge on any atom is -0.375 e. The maximum absolute atomic E-state index is 13.0. The van der Waals surface area contributed by atoms with E-state index in [9.17, 15) is 4.79 Å². The van der Waals surface area contributed by atoms with Crippen LogP contribution in [-0.4, -0.2) is 82.2 Å². The average molecular weight is 561 g/mol. The third kappa shape index (κ3) is 8.31. The SMILES string of the molecule is [CH2]/C=C\C(CNC(=O)c1cccc(NCc2[nH]nc(-c3ccncn3)[n+]2CCN2CCN(C)CC2)c1)[C](C=C)CC.[HH].[HH]. The number of hydrogen-bond acceptors (Lipinski definition) is 7. The summed E-state index contributed by atoms with van der Waals surface area (Å²) in [6.07, 6.45) is 9.77. The number of benzene rings is 1. The molecule has 1 unspecified atom stereocenters. The molecule has 1 aliphatic rings. The number of rotatable bonds is 14. The van der Waals surface area contributed by atoms with E-state index in [0.717, 1.165) is 68.7 Å². The number of nitrogens with one attached hydrogen (secondary N) is 3. The fourth-order valence-corrected chi connectivity index (χ4v) is 4.98. The number of carbonyl (C=O) groups excluding carboxylic acids is 1. The van der Waals surface area contributed by atoms with Gasteiger partial charge in [0, 0.05) is 76.5 Å². The topological polar surface area (TPSA) is 106 Å². The van der Waals surface area contributed by atoms with Gasteiger partial charge in [0.15, 0.2) is 0 Å². The molecule has 3 N–H and O–H groups in total. The monoisotopic (exact) mass is 560 g/mol. The molecule has 3 heterocycles. The molecule has 1 amide bonds. The molecular weight excluding hydrogens is 514 g/mol. The van der Waals surface area contributed by atoms with Gasteiger partial charge in [0.1, 0.15) is 18.6 Å². The zero-order valence-corrected chi connectivity index (χ0v) is 24.2. The van der Waals surface area contributed by atoms with Crippen LogP contribution in [0.15, 0.2) is 67.7 Å². The van der Waals surface area contributed by atoms with Crippen molar-refractivity contribution in [1.82, 2.24) is 35.3 Å². The van der Waals surface area contributed by atoms with E-state index in [1.54, 1.807) is 18.6 Å². The lowest BCUT2D eigenvalue weighted by Crippen LogP contribution is -2.50. The fourth-order valence-electron chi connectivity index (χ4n) is 4.98. The Balaban J connectivity index is 0.00000323. The zero-order valence-electron chi connectivity index (χ0n) is 24.2. The van der Waals surface area contributed by atoms with Gasteiger partial charge < -0.3 is 15.5 Å². The van der Waals surface area contributed by atoms with Gasteiger partial charge in [0.05, 0.1) is 6.54 Å². The number of amides is 1. The Bertz CT molecular complexity index is 1290. The molecule has 2 radical (unpaired) electrons. The summed E-state index contributed by atoms with van der Waals surface area (Å²) < 4.78 is 2.18. The first-order valence-corrected chi connectivity index (χ1v) is 14.2. The van der Waals surface area contributed by atoms with E-state index in [4.69, 9.17) is 0 Å². The van der Waals surface area contributed by atoms with Crippen LogP contribution >= 0.6 is 0 Å². The third-order valence-corrected chi connectivity index (χ3v) is 7.50. The molecule has 3 aromatic rings. The van der Waals surface area contributed by atoms with E-state index in [2.05, 4.69) is 72.6 Å². The quantitative estimate of drug-likeness (QED) is 0.260. The zero-order chi connectivity index (χ0) is 29.0. The van der Waals surface area contributed by atoms with Crippen LogP contribution in [0.25, 0.3) is 11.5 Å². The molecule has 0 spiro atoms. The minimum atomic E-state index is -0.120. The van der Waals surface area contributed by atoms with Crippen LogP contribution in [0.4, 0.5) is 5.69 Å². The molecule has 4 rings (SSSR count). The predicted molar refractivity (Wildman–Crippen MR) is 166 cm³/mol.